The van der Waals surface area contributed by atoms with E-state index in [9.17, 15) is 18.4 Å². The van der Waals surface area contributed by atoms with E-state index in [0.29, 0.717) is 23.4 Å². The lowest BCUT2D eigenvalue weighted by Crippen LogP contribution is -2.30. The van der Waals surface area contributed by atoms with Crippen LogP contribution in [0.3, 0.4) is 0 Å². The van der Waals surface area contributed by atoms with E-state index in [-0.39, 0.29) is 36.3 Å². The predicted molar refractivity (Wildman–Crippen MR) is 115 cm³/mol. The number of amides is 2. The first-order valence-corrected chi connectivity index (χ1v) is 9.90. The molecule has 0 saturated heterocycles. The lowest BCUT2D eigenvalue weighted by Gasteiger charge is -2.12. The number of hydrogen-bond acceptors (Lipinski definition) is 6. The highest BCUT2D eigenvalue weighted by molar-refractivity contribution is 6.02. The van der Waals surface area contributed by atoms with Gasteiger partial charge in [0.1, 0.15) is 5.75 Å². The fraction of sp³-hybridized carbons (Fsp3) is 0.217. The summed E-state index contributed by atoms with van der Waals surface area (Å²) >= 11 is 0. The van der Waals surface area contributed by atoms with Crippen LogP contribution in [0.5, 0.6) is 17.2 Å². The highest BCUT2D eigenvalue weighted by Crippen LogP contribution is 2.29. The number of carbonyl (C=O) groups is 2. The van der Waals surface area contributed by atoms with Gasteiger partial charge in [-0.05, 0) is 48.4 Å². The van der Waals surface area contributed by atoms with Crippen molar-refractivity contribution in [2.45, 2.75) is 13.0 Å². The van der Waals surface area contributed by atoms with Crippen LogP contribution in [-0.2, 0) is 11.2 Å². The van der Waals surface area contributed by atoms with Gasteiger partial charge in [0.05, 0.1) is 13.4 Å². The molecular weight excluding hydrogens is 438 g/mol. The first kappa shape index (κ1) is 23.6. The van der Waals surface area contributed by atoms with Crippen molar-refractivity contribution < 1.29 is 37.0 Å². The molecule has 2 amide bonds. The number of rotatable bonds is 11. The monoisotopic (exact) mass is 460 g/mol. The van der Waals surface area contributed by atoms with Crippen molar-refractivity contribution in [2.75, 3.05) is 25.6 Å². The van der Waals surface area contributed by atoms with Crippen LogP contribution < -0.4 is 24.8 Å². The average Bonchev–Trinajstić information content (AvgIpc) is 3.33. The van der Waals surface area contributed by atoms with Crippen LogP contribution in [0.4, 0.5) is 14.5 Å². The molecule has 0 aliphatic rings. The summed E-state index contributed by atoms with van der Waals surface area (Å²) in [5.41, 5.74) is 1.17. The van der Waals surface area contributed by atoms with Crippen molar-refractivity contribution in [3.63, 3.8) is 0 Å². The van der Waals surface area contributed by atoms with Gasteiger partial charge in [-0.15, -0.1) is 0 Å². The Balaban J connectivity index is 1.45. The lowest BCUT2D eigenvalue weighted by atomic mass is 10.1. The highest BCUT2D eigenvalue weighted by Gasteiger charge is 2.12. The number of halogens is 2. The zero-order chi connectivity index (χ0) is 23.6. The Labute approximate surface area is 188 Å². The van der Waals surface area contributed by atoms with E-state index < -0.39 is 12.5 Å². The van der Waals surface area contributed by atoms with Gasteiger partial charge in [0.2, 0.25) is 0 Å². The molecule has 0 radical (unpaired) electrons. The van der Waals surface area contributed by atoms with Crippen LogP contribution in [0.1, 0.15) is 16.1 Å². The van der Waals surface area contributed by atoms with Gasteiger partial charge in [0.25, 0.3) is 11.8 Å². The number of methoxy groups -OCH3 is 1. The molecule has 0 fully saturated rings. The van der Waals surface area contributed by atoms with Crippen molar-refractivity contribution in [1.82, 2.24) is 5.32 Å². The van der Waals surface area contributed by atoms with Gasteiger partial charge in [-0.2, -0.15) is 8.78 Å². The van der Waals surface area contributed by atoms with Gasteiger partial charge in [-0.25, -0.2) is 0 Å². The molecule has 8 nitrogen and oxygen atoms in total. The van der Waals surface area contributed by atoms with Gasteiger partial charge in [-0.1, -0.05) is 12.1 Å². The minimum atomic E-state index is -2.97. The number of carbonyl (C=O) groups excluding carboxylic acids is 2. The third-order valence-electron chi connectivity index (χ3n) is 4.39. The Morgan fingerprint density at radius 2 is 1.91 bits per heavy atom. The maximum atomic E-state index is 12.5. The van der Waals surface area contributed by atoms with E-state index in [1.165, 1.54) is 25.5 Å². The largest absolute Gasteiger partial charge is 0.493 e. The molecule has 0 spiro atoms. The fourth-order valence-electron chi connectivity index (χ4n) is 2.87. The number of anilines is 1. The predicted octanol–water partition coefficient (Wildman–Crippen LogP) is 3.88. The summed E-state index contributed by atoms with van der Waals surface area (Å²) in [6.07, 6.45) is 1.79. The highest BCUT2D eigenvalue weighted by atomic mass is 19.3. The third-order valence-corrected chi connectivity index (χ3v) is 4.39. The van der Waals surface area contributed by atoms with E-state index in [2.05, 4.69) is 15.4 Å². The Morgan fingerprint density at radius 1 is 1.06 bits per heavy atom. The first-order valence-electron chi connectivity index (χ1n) is 9.90. The molecule has 2 aromatic carbocycles. The van der Waals surface area contributed by atoms with E-state index >= 15 is 0 Å². The molecule has 0 atom stereocenters. The number of nitrogens with one attached hydrogen (secondary N) is 2. The van der Waals surface area contributed by atoms with Gasteiger partial charge in [0.15, 0.2) is 23.9 Å². The normalized spacial score (nSPS) is 10.5. The summed E-state index contributed by atoms with van der Waals surface area (Å²) in [6.45, 7) is -2.94. The zero-order valence-electron chi connectivity index (χ0n) is 17.7. The number of alkyl halides is 2. The molecule has 2 N–H and O–H groups in total. The number of ether oxygens (including phenoxy) is 3. The Bertz CT molecular complexity index is 1070. The van der Waals surface area contributed by atoms with Crippen LogP contribution in [-0.4, -0.2) is 38.7 Å². The molecule has 3 rings (SSSR count). The molecule has 10 heteroatoms. The minimum absolute atomic E-state index is 0.0707. The van der Waals surface area contributed by atoms with Crippen LogP contribution in [0.2, 0.25) is 0 Å². The fourth-order valence-corrected chi connectivity index (χ4v) is 2.87. The SMILES string of the molecule is COc1ccc(CCNC(=O)COc2cccc(NC(=O)c3ccco3)c2)cc1OC(F)F. The van der Waals surface area contributed by atoms with Gasteiger partial charge in [-0.3, -0.25) is 9.59 Å². The smallest absolute Gasteiger partial charge is 0.387 e. The zero-order valence-corrected chi connectivity index (χ0v) is 17.7. The molecule has 0 aliphatic carbocycles. The van der Waals surface area contributed by atoms with Crippen LogP contribution in [0, 0.1) is 0 Å². The van der Waals surface area contributed by atoms with Crippen molar-refractivity contribution in [3.8, 4) is 17.2 Å². The number of furan rings is 1. The molecule has 1 aromatic heterocycles. The quantitative estimate of drug-likeness (QED) is 0.451. The molecule has 0 bridgehead atoms. The lowest BCUT2D eigenvalue weighted by molar-refractivity contribution is -0.123. The van der Waals surface area contributed by atoms with Crippen molar-refractivity contribution >= 4 is 17.5 Å². The molecule has 0 unspecified atom stereocenters. The molecule has 33 heavy (non-hydrogen) atoms. The van der Waals surface area contributed by atoms with Gasteiger partial charge >= 0.3 is 6.61 Å². The number of benzene rings is 2. The Hall–Kier alpha value is -4.08. The Morgan fingerprint density at radius 3 is 2.64 bits per heavy atom. The van der Waals surface area contributed by atoms with Gasteiger partial charge < -0.3 is 29.3 Å². The van der Waals surface area contributed by atoms with E-state index in [4.69, 9.17) is 13.9 Å². The summed E-state index contributed by atoms with van der Waals surface area (Å²) in [5, 5.41) is 5.36. The van der Waals surface area contributed by atoms with Crippen molar-refractivity contribution in [1.29, 1.82) is 0 Å². The van der Waals surface area contributed by atoms with Crippen LogP contribution >= 0.6 is 0 Å². The minimum Gasteiger partial charge on any atom is -0.493 e. The summed E-state index contributed by atoms with van der Waals surface area (Å²) in [6, 6.07) is 14.4. The number of hydrogen-bond donors (Lipinski definition) is 2. The molecule has 174 valence electrons. The van der Waals surface area contributed by atoms with Crippen molar-refractivity contribution in [3.05, 3.63) is 72.2 Å². The molecule has 0 aliphatic heterocycles. The second kappa shape index (κ2) is 11.5. The first-order chi connectivity index (χ1) is 15.9. The molecule has 0 saturated carbocycles. The standard InChI is InChI=1S/C23H22F2N2O6/c1-30-18-8-7-15(12-20(18)33-23(24)25)9-10-26-21(28)14-32-17-5-2-4-16(13-17)27-22(29)19-6-3-11-31-19/h2-8,11-13,23H,9-10,14H2,1H3,(H,26,28)(H,27,29). The summed E-state index contributed by atoms with van der Waals surface area (Å²) < 4.78 is 45.0. The van der Waals surface area contributed by atoms with E-state index in [1.807, 2.05) is 0 Å². The van der Waals surface area contributed by atoms with E-state index in [1.54, 1.807) is 42.5 Å². The third kappa shape index (κ3) is 7.23. The topological polar surface area (TPSA) is 99.0 Å². The van der Waals surface area contributed by atoms with Crippen molar-refractivity contribution in [2.24, 2.45) is 0 Å². The maximum absolute atomic E-state index is 12.5. The average molecular weight is 460 g/mol. The molecular formula is C23H22F2N2O6. The van der Waals surface area contributed by atoms with Crippen LogP contribution in [0.15, 0.2) is 65.3 Å². The summed E-state index contributed by atoms with van der Waals surface area (Å²) in [4.78, 5) is 24.1. The summed E-state index contributed by atoms with van der Waals surface area (Å²) in [5.74, 6) is -0.0809. The van der Waals surface area contributed by atoms with Gasteiger partial charge in [0, 0.05) is 18.3 Å². The maximum Gasteiger partial charge on any atom is 0.387 e. The molecule has 1 heterocycles. The van der Waals surface area contributed by atoms with E-state index in [0.717, 1.165) is 0 Å². The summed E-state index contributed by atoms with van der Waals surface area (Å²) in [7, 11) is 1.36. The Kier molecular flexibility index (Phi) is 8.23. The second-order valence-corrected chi connectivity index (χ2v) is 6.71. The second-order valence-electron chi connectivity index (χ2n) is 6.71. The van der Waals surface area contributed by atoms with Crippen LogP contribution in [0.25, 0.3) is 0 Å². The molecule has 3 aromatic rings.